The molecule has 0 saturated carbocycles. The zero-order valence-corrected chi connectivity index (χ0v) is 22.8. The second-order valence-corrected chi connectivity index (χ2v) is 9.68. The second-order valence-electron chi connectivity index (χ2n) is 9.25. The molecule has 0 unspecified atom stereocenters. The molecule has 3 N–H and O–H groups in total. The van der Waals surface area contributed by atoms with Gasteiger partial charge in [0.05, 0.1) is 38.9 Å². The molecule has 1 aliphatic rings. The number of likely N-dealkylation sites (N-methyl/N-ethyl adjacent to an activating group) is 1. The summed E-state index contributed by atoms with van der Waals surface area (Å²) in [6, 6.07) is 9.19. The molecule has 2 heterocycles. The third-order valence-corrected chi connectivity index (χ3v) is 6.62. The fourth-order valence-corrected chi connectivity index (χ4v) is 4.49. The molecule has 2 amide bonds. The number of nitrogens with one attached hydrogen (secondary N) is 2. The maximum Gasteiger partial charge on any atom is 0.239 e. The van der Waals surface area contributed by atoms with Gasteiger partial charge in [0.25, 0.3) is 0 Å². The monoisotopic (exact) mass is 556 g/mol. The van der Waals surface area contributed by atoms with Crippen LogP contribution in [0.25, 0.3) is 10.9 Å². The van der Waals surface area contributed by atoms with E-state index in [0.29, 0.717) is 53.8 Å². The van der Waals surface area contributed by atoms with E-state index in [4.69, 9.17) is 21.1 Å². The Balaban J connectivity index is 1.67. The molecule has 0 aliphatic carbocycles. The number of halogens is 1. The summed E-state index contributed by atoms with van der Waals surface area (Å²) in [5, 5.41) is 16.8. The number of carbonyl (C=O) groups is 2. The molecule has 11 nitrogen and oxygen atoms in total. The molecule has 4 rings (SSSR count). The third-order valence-electron chi connectivity index (χ3n) is 6.38. The molecule has 2 aromatic carbocycles. The SMILES string of the molecule is COc1cc2ncnc3c2cc1OCCN(C(=O)CN(C)CCO)CC(=O)NCCCc1ccc(Cl)cc1N3. The van der Waals surface area contributed by atoms with Gasteiger partial charge in [0, 0.05) is 35.3 Å². The minimum absolute atomic E-state index is 0.0645. The number of ether oxygens (including phenoxy) is 2. The first kappa shape index (κ1) is 28.3. The van der Waals surface area contributed by atoms with Crippen molar-refractivity contribution in [3.63, 3.8) is 0 Å². The van der Waals surface area contributed by atoms with Crippen LogP contribution >= 0.6 is 11.6 Å². The van der Waals surface area contributed by atoms with Crippen LogP contribution in [0.2, 0.25) is 5.02 Å². The number of nitrogens with zero attached hydrogens (tertiary/aromatic N) is 4. The summed E-state index contributed by atoms with van der Waals surface area (Å²) >= 11 is 6.31. The van der Waals surface area contributed by atoms with Crippen LogP contribution in [0.15, 0.2) is 36.7 Å². The van der Waals surface area contributed by atoms with E-state index in [1.807, 2.05) is 18.2 Å². The van der Waals surface area contributed by atoms with Crippen LogP contribution in [0.5, 0.6) is 11.5 Å². The largest absolute Gasteiger partial charge is 0.493 e. The van der Waals surface area contributed by atoms with E-state index < -0.39 is 0 Å². The van der Waals surface area contributed by atoms with Crippen molar-refractivity contribution < 1.29 is 24.2 Å². The number of aryl methyl sites for hydroxylation is 1. The first-order chi connectivity index (χ1) is 18.9. The molecular weight excluding hydrogens is 524 g/mol. The first-order valence-electron chi connectivity index (χ1n) is 12.7. The van der Waals surface area contributed by atoms with E-state index in [2.05, 4.69) is 20.6 Å². The summed E-state index contributed by atoms with van der Waals surface area (Å²) in [5.74, 6) is 1.02. The molecule has 1 aromatic heterocycles. The third kappa shape index (κ3) is 7.47. The van der Waals surface area contributed by atoms with Gasteiger partial charge in [-0.15, -0.1) is 0 Å². The molecule has 1 aliphatic heterocycles. The van der Waals surface area contributed by atoms with Crippen molar-refractivity contribution in [2.45, 2.75) is 12.8 Å². The molecule has 12 heteroatoms. The van der Waals surface area contributed by atoms with E-state index in [-0.39, 0.29) is 44.7 Å². The van der Waals surface area contributed by atoms with Crippen molar-refractivity contribution in [2.24, 2.45) is 0 Å². The lowest BCUT2D eigenvalue weighted by atomic mass is 10.1. The molecule has 0 fully saturated rings. The molecule has 208 valence electrons. The Labute approximate surface area is 232 Å². The maximum absolute atomic E-state index is 13.0. The van der Waals surface area contributed by atoms with Gasteiger partial charge in [0.15, 0.2) is 11.5 Å². The van der Waals surface area contributed by atoms with Crippen LogP contribution in [0.1, 0.15) is 12.0 Å². The Kier molecular flexibility index (Phi) is 9.74. The molecule has 2 bridgehead atoms. The van der Waals surface area contributed by atoms with Gasteiger partial charge in [0.2, 0.25) is 11.8 Å². The number of hydrogen-bond donors (Lipinski definition) is 3. The number of fused-ring (bicyclic) bond motifs is 2. The molecule has 0 atom stereocenters. The number of methoxy groups -OCH3 is 1. The average Bonchev–Trinajstić information content (AvgIpc) is 2.91. The number of benzene rings is 2. The zero-order chi connectivity index (χ0) is 27.8. The highest BCUT2D eigenvalue weighted by atomic mass is 35.5. The van der Waals surface area contributed by atoms with Crippen molar-refractivity contribution in [3.8, 4) is 11.5 Å². The Morgan fingerprint density at radius 3 is 2.92 bits per heavy atom. The Hall–Kier alpha value is -3.67. The number of carbonyl (C=O) groups excluding carboxylic acids is 2. The summed E-state index contributed by atoms with van der Waals surface area (Å²) in [5.41, 5.74) is 2.48. The van der Waals surface area contributed by atoms with Gasteiger partial charge in [-0.05, 0) is 43.7 Å². The van der Waals surface area contributed by atoms with E-state index in [1.54, 1.807) is 31.2 Å². The summed E-state index contributed by atoms with van der Waals surface area (Å²) < 4.78 is 11.6. The maximum atomic E-state index is 13.0. The molecule has 39 heavy (non-hydrogen) atoms. The topological polar surface area (TPSA) is 129 Å². The Bertz CT molecular complexity index is 1320. The highest BCUT2D eigenvalue weighted by Gasteiger charge is 2.20. The van der Waals surface area contributed by atoms with Gasteiger partial charge in [-0.25, -0.2) is 9.97 Å². The number of rotatable bonds is 5. The minimum Gasteiger partial charge on any atom is -0.493 e. The smallest absolute Gasteiger partial charge is 0.239 e. The number of amides is 2. The lowest BCUT2D eigenvalue weighted by molar-refractivity contribution is -0.137. The standard InChI is InChI=1S/C27H33ClN6O5/c1-33(8-10-35)16-26(37)34-9-11-39-24-13-20-22(14-23(24)38-2)30-17-31-27(20)32-21-12-19(28)6-5-18(21)4-3-7-29-25(36)15-34/h5-6,12-14,17,35H,3-4,7-11,15-16H2,1-2H3,(H,29,36)(H,30,31,32). The normalized spacial score (nSPS) is 14.8. The van der Waals surface area contributed by atoms with Gasteiger partial charge in [-0.3, -0.25) is 14.5 Å². The molecule has 0 spiro atoms. The highest BCUT2D eigenvalue weighted by molar-refractivity contribution is 6.30. The lowest BCUT2D eigenvalue weighted by Crippen LogP contribution is -2.46. The quantitative estimate of drug-likeness (QED) is 0.433. The highest BCUT2D eigenvalue weighted by Crippen LogP contribution is 2.35. The second kappa shape index (κ2) is 13.4. The van der Waals surface area contributed by atoms with Gasteiger partial charge in [0.1, 0.15) is 18.8 Å². The van der Waals surface area contributed by atoms with Crippen LogP contribution in [-0.4, -0.2) is 96.8 Å². The Morgan fingerprint density at radius 1 is 1.28 bits per heavy atom. The van der Waals surface area contributed by atoms with Gasteiger partial charge < -0.3 is 30.1 Å². The summed E-state index contributed by atoms with van der Waals surface area (Å²) in [7, 11) is 3.28. The Morgan fingerprint density at radius 2 is 2.13 bits per heavy atom. The van der Waals surface area contributed by atoms with Crippen LogP contribution in [0.3, 0.4) is 0 Å². The zero-order valence-electron chi connectivity index (χ0n) is 22.1. The number of aliphatic hydroxyl groups is 1. The van der Waals surface area contributed by atoms with Crippen molar-refractivity contribution >= 4 is 45.8 Å². The number of anilines is 2. The predicted octanol–water partition coefficient (Wildman–Crippen LogP) is 2.23. The summed E-state index contributed by atoms with van der Waals surface area (Å²) in [6.45, 7) is 1.00. The van der Waals surface area contributed by atoms with E-state index in [0.717, 1.165) is 16.6 Å². The van der Waals surface area contributed by atoms with E-state index in [9.17, 15) is 14.7 Å². The van der Waals surface area contributed by atoms with Crippen LogP contribution in [0, 0.1) is 0 Å². The molecule has 0 saturated heterocycles. The van der Waals surface area contributed by atoms with Crippen molar-refractivity contribution in [1.82, 2.24) is 25.1 Å². The minimum atomic E-state index is -0.256. The first-order valence-corrected chi connectivity index (χ1v) is 13.1. The molecule has 3 aromatic rings. The lowest BCUT2D eigenvalue weighted by Gasteiger charge is -2.25. The number of hydrogen-bond acceptors (Lipinski definition) is 9. The molecular formula is C27H33ClN6O5. The van der Waals surface area contributed by atoms with Crippen LogP contribution in [0.4, 0.5) is 11.5 Å². The van der Waals surface area contributed by atoms with Crippen LogP contribution in [-0.2, 0) is 16.0 Å². The predicted molar refractivity (Wildman–Crippen MR) is 149 cm³/mol. The number of aliphatic hydroxyl groups excluding tert-OH is 1. The fourth-order valence-electron chi connectivity index (χ4n) is 4.32. The fraction of sp³-hybridized carbons (Fsp3) is 0.407. The van der Waals surface area contributed by atoms with Crippen molar-refractivity contribution in [3.05, 3.63) is 47.2 Å². The number of aromatic nitrogens is 2. The van der Waals surface area contributed by atoms with Gasteiger partial charge in [-0.2, -0.15) is 0 Å². The van der Waals surface area contributed by atoms with Crippen molar-refractivity contribution in [2.75, 3.05) is 65.4 Å². The average molecular weight is 557 g/mol. The van der Waals surface area contributed by atoms with Gasteiger partial charge in [-0.1, -0.05) is 17.7 Å². The van der Waals surface area contributed by atoms with Gasteiger partial charge >= 0.3 is 0 Å². The molecule has 0 radical (unpaired) electrons. The van der Waals surface area contributed by atoms with Crippen LogP contribution < -0.4 is 20.1 Å². The van der Waals surface area contributed by atoms with E-state index in [1.165, 1.54) is 11.2 Å². The van der Waals surface area contributed by atoms with Crippen molar-refractivity contribution in [1.29, 1.82) is 0 Å². The van der Waals surface area contributed by atoms with E-state index >= 15 is 0 Å². The summed E-state index contributed by atoms with van der Waals surface area (Å²) in [4.78, 5) is 37.8. The summed E-state index contributed by atoms with van der Waals surface area (Å²) in [6.07, 6.45) is 2.84.